The van der Waals surface area contributed by atoms with Gasteiger partial charge in [0.2, 0.25) is 0 Å². The highest BCUT2D eigenvalue weighted by molar-refractivity contribution is 6.64. The summed E-state index contributed by atoms with van der Waals surface area (Å²) in [5, 5.41) is 20.3. The van der Waals surface area contributed by atoms with Crippen molar-refractivity contribution in [3.05, 3.63) is 30.0 Å². The van der Waals surface area contributed by atoms with Gasteiger partial charge in [-0.15, -0.1) is 13.2 Å². The Balaban J connectivity index is 2.43. The first-order valence-electron chi connectivity index (χ1n) is 7.91. The largest absolute Gasteiger partial charge is 0.573 e. The number of hydrogen-bond acceptors (Lipinski definition) is 6. The van der Waals surface area contributed by atoms with E-state index < -0.39 is 30.4 Å². The van der Waals surface area contributed by atoms with Crippen molar-refractivity contribution in [3.63, 3.8) is 0 Å². The summed E-state index contributed by atoms with van der Waals surface area (Å²) in [6.45, 7) is 7.35. The maximum Gasteiger partial charge on any atom is 0.573 e. The van der Waals surface area contributed by atoms with E-state index in [1.165, 1.54) is 6.07 Å². The molecular formula is C17H17BF3N3O3. The van der Waals surface area contributed by atoms with Gasteiger partial charge in [-0.3, -0.25) is 0 Å². The lowest BCUT2D eigenvalue weighted by Gasteiger charge is -2.32. The second kappa shape index (κ2) is 7.14. The van der Waals surface area contributed by atoms with Crippen LogP contribution >= 0.6 is 0 Å². The van der Waals surface area contributed by atoms with E-state index in [9.17, 15) is 13.2 Å². The highest BCUT2D eigenvalue weighted by Gasteiger charge is 2.52. The van der Waals surface area contributed by atoms with Crippen LogP contribution in [0.2, 0.25) is 0 Å². The maximum atomic E-state index is 12.5. The van der Waals surface area contributed by atoms with Crippen LogP contribution in [0.3, 0.4) is 0 Å². The molecule has 1 aromatic rings. The van der Waals surface area contributed by atoms with Crippen molar-refractivity contribution >= 4 is 18.3 Å². The number of nitriles is 2. The number of rotatable bonds is 4. The molecule has 1 heterocycles. The number of anilines is 1. The molecule has 1 N–H and O–H groups in total. The molecule has 0 saturated carbocycles. The molecule has 0 spiro atoms. The maximum absolute atomic E-state index is 12.5. The van der Waals surface area contributed by atoms with Crippen LogP contribution in [0.15, 0.2) is 30.0 Å². The first-order chi connectivity index (χ1) is 12.4. The van der Waals surface area contributed by atoms with Gasteiger partial charge in [0.1, 0.15) is 23.5 Å². The summed E-state index contributed by atoms with van der Waals surface area (Å²) in [5.41, 5.74) is -1.02. The number of alkyl halides is 3. The molecular weight excluding hydrogens is 362 g/mol. The van der Waals surface area contributed by atoms with Crippen molar-refractivity contribution in [2.24, 2.45) is 0 Å². The van der Waals surface area contributed by atoms with Gasteiger partial charge in [0, 0.05) is 23.4 Å². The molecule has 1 aromatic carbocycles. The minimum atomic E-state index is -4.86. The van der Waals surface area contributed by atoms with Crippen molar-refractivity contribution in [2.45, 2.75) is 45.3 Å². The summed E-state index contributed by atoms with van der Waals surface area (Å²) in [5.74, 6) is -0.464. The minimum Gasteiger partial charge on any atom is -0.406 e. The molecule has 142 valence electrons. The molecule has 0 atom stereocenters. The van der Waals surface area contributed by atoms with Crippen LogP contribution in [-0.2, 0) is 9.31 Å². The normalized spacial score (nSPS) is 17.6. The monoisotopic (exact) mass is 379 g/mol. The minimum absolute atomic E-state index is 0.151. The van der Waals surface area contributed by atoms with Crippen LogP contribution in [-0.4, -0.2) is 24.7 Å². The fraction of sp³-hybridized carbons (Fsp3) is 0.412. The Labute approximate surface area is 155 Å². The highest BCUT2D eigenvalue weighted by atomic mass is 19.4. The van der Waals surface area contributed by atoms with Gasteiger partial charge in [0.05, 0.1) is 11.2 Å². The quantitative estimate of drug-likeness (QED) is 0.639. The van der Waals surface area contributed by atoms with Crippen LogP contribution in [0, 0.1) is 22.7 Å². The Morgan fingerprint density at radius 2 is 1.70 bits per heavy atom. The van der Waals surface area contributed by atoms with Gasteiger partial charge in [0.15, 0.2) is 0 Å². The van der Waals surface area contributed by atoms with Gasteiger partial charge in [-0.2, -0.15) is 10.5 Å². The summed E-state index contributed by atoms with van der Waals surface area (Å²) in [4.78, 5) is 0. The first-order valence-corrected chi connectivity index (χ1v) is 7.91. The number of nitrogens with zero attached hydrogens (tertiary/aromatic N) is 2. The van der Waals surface area contributed by atoms with Crippen molar-refractivity contribution in [1.82, 2.24) is 0 Å². The zero-order chi connectivity index (χ0) is 20.5. The van der Waals surface area contributed by atoms with E-state index in [1.54, 1.807) is 12.1 Å². The van der Waals surface area contributed by atoms with E-state index in [2.05, 4.69) is 10.1 Å². The smallest absolute Gasteiger partial charge is 0.406 e. The lowest BCUT2D eigenvalue weighted by Crippen LogP contribution is -2.41. The molecule has 0 aliphatic carbocycles. The molecule has 0 amide bonds. The van der Waals surface area contributed by atoms with Crippen LogP contribution in [0.1, 0.15) is 27.7 Å². The molecule has 1 fully saturated rings. The third-order valence-electron chi connectivity index (χ3n) is 4.38. The van der Waals surface area contributed by atoms with Crippen LogP contribution in [0.5, 0.6) is 5.75 Å². The van der Waals surface area contributed by atoms with Gasteiger partial charge >= 0.3 is 13.5 Å². The average Bonchev–Trinajstić information content (AvgIpc) is 2.74. The third kappa shape index (κ3) is 4.73. The van der Waals surface area contributed by atoms with Gasteiger partial charge in [-0.05, 0) is 33.8 Å². The predicted molar refractivity (Wildman–Crippen MR) is 91.8 cm³/mol. The third-order valence-corrected chi connectivity index (χ3v) is 4.38. The van der Waals surface area contributed by atoms with Crippen LogP contribution in [0.4, 0.5) is 18.9 Å². The molecule has 1 aliphatic heterocycles. The number of allylic oxidation sites excluding steroid dienone is 1. The lowest BCUT2D eigenvalue weighted by atomic mass is 9.77. The van der Waals surface area contributed by atoms with E-state index in [0.717, 1.165) is 18.3 Å². The highest BCUT2D eigenvalue weighted by Crippen LogP contribution is 2.37. The average molecular weight is 379 g/mol. The summed E-state index contributed by atoms with van der Waals surface area (Å²) in [7, 11) is -0.863. The zero-order valence-electron chi connectivity index (χ0n) is 15.1. The predicted octanol–water partition coefficient (Wildman–Crippen LogP) is 3.23. The van der Waals surface area contributed by atoms with Crippen molar-refractivity contribution in [3.8, 4) is 17.9 Å². The molecule has 2 rings (SSSR count). The fourth-order valence-corrected chi connectivity index (χ4v) is 2.27. The Kier molecular flexibility index (Phi) is 5.46. The molecule has 0 radical (unpaired) electrons. The molecule has 27 heavy (non-hydrogen) atoms. The second-order valence-electron chi connectivity index (χ2n) is 6.81. The van der Waals surface area contributed by atoms with Crippen molar-refractivity contribution < 1.29 is 27.2 Å². The second-order valence-corrected chi connectivity index (χ2v) is 6.81. The van der Waals surface area contributed by atoms with Crippen LogP contribution < -0.4 is 15.5 Å². The van der Waals surface area contributed by atoms with E-state index in [1.807, 2.05) is 27.7 Å². The van der Waals surface area contributed by atoms with E-state index >= 15 is 0 Å². The Morgan fingerprint density at radius 3 is 2.19 bits per heavy atom. The molecule has 1 aliphatic rings. The summed E-state index contributed by atoms with van der Waals surface area (Å²) < 4.78 is 53.3. The Morgan fingerprint density at radius 1 is 1.15 bits per heavy atom. The first kappa shape index (κ1) is 20.6. The van der Waals surface area contributed by atoms with E-state index in [4.69, 9.17) is 19.8 Å². The fourth-order valence-electron chi connectivity index (χ4n) is 2.27. The zero-order valence-corrected chi connectivity index (χ0v) is 15.1. The number of hydrogen-bond donors (Lipinski definition) is 1. The van der Waals surface area contributed by atoms with Gasteiger partial charge < -0.3 is 19.4 Å². The number of benzene rings is 1. The molecule has 0 bridgehead atoms. The lowest BCUT2D eigenvalue weighted by molar-refractivity contribution is -0.274. The van der Waals surface area contributed by atoms with Crippen LogP contribution in [0.25, 0.3) is 0 Å². The van der Waals surface area contributed by atoms with Gasteiger partial charge in [-0.25, -0.2) is 0 Å². The number of nitrogens with one attached hydrogen (secondary N) is 1. The number of ether oxygens (including phenoxy) is 1. The molecule has 1 saturated heterocycles. The topological polar surface area (TPSA) is 87.3 Å². The molecule has 0 aromatic heterocycles. The number of halogens is 3. The summed E-state index contributed by atoms with van der Waals surface area (Å²) >= 11 is 0. The molecule has 10 heteroatoms. The standard InChI is InChI=1S/C17H17BF3N3O3/c1-15(2)16(3,4)27-18(26-15)13-6-5-12(25-17(19,20)21)7-14(13)24-10-11(8-22)9-23/h5-7,10,24H,1-4H3. The van der Waals surface area contributed by atoms with Gasteiger partial charge in [-0.1, -0.05) is 6.07 Å². The summed E-state index contributed by atoms with van der Waals surface area (Å²) in [6.07, 6.45) is -3.77. The Hall–Kier alpha value is -2.69. The van der Waals surface area contributed by atoms with Gasteiger partial charge in [0.25, 0.3) is 0 Å². The molecule has 0 unspecified atom stereocenters. The van der Waals surface area contributed by atoms with E-state index in [0.29, 0.717) is 5.46 Å². The van der Waals surface area contributed by atoms with Crippen molar-refractivity contribution in [2.75, 3.05) is 5.32 Å². The van der Waals surface area contributed by atoms with E-state index in [-0.39, 0.29) is 11.3 Å². The Bertz CT molecular complexity index is 807. The molecule has 6 nitrogen and oxygen atoms in total. The van der Waals surface area contributed by atoms with Crippen molar-refractivity contribution in [1.29, 1.82) is 10.5 Å². The SMILES string of the molecule is CC1(C)OB(c2ccc(OC(F)(F)F)cc2NC=C(C#N)C#N)OC1(C)C. The summed E-state index contributed by atoms with van der Waals surface area (Å²) in [6, 6.07) is 6.91.